The zero-order chi connectivity index (χ0) is 13.4. The van der Waals surface area contributed by atoms with E-state index in [4.69, 9.17) is 9.47 Å². The van der Waals surface area contributed by atoms with Gasteiger partial charge in [0.05, 0.1) is 13.2 Å². The number of rotatable bonds is 8. The first-order chi connectivity index (χ1) is 8.47. The van der Waals surface area contributed by atoms with Crippen molar-refractivity contribution < 1.29 is 14.6 Å². The van der Waals surface area contributed by atoms with Gasteiger partial charge in [-0.25, -0.2) is 0 Å². The Balaban J connectivity index is 2.07. The first kappa shape index (κ1) is 15.2. The highest BCUT2D eigenvalue weighted by Gasteiger charge is 2.14. The van der Waals surface area contributed by atoms with Crippen molar-refractivity contribution in [2.75, 3.05) is 13.2 Å². The van der Waals surface area contributed by atoms with Crippen LogP contribution in [0.15, 0.2) is 30.3 Å². The van der Waals surface area contributed by atoms with E-state index < -0.39 is 5.79 Å². The van der Waals surface area contributed by atoms with Crippen molar-refractivity contribution in [3.63, 3.8) is 0 Å². The molecule has 0 spiro atoms. The molecule has 0 bridgehead atoms. The third-order valence-corrected chi connectivity index (χ3v) is 2.59. The molecule has 0 radical (unpaired) electrons. The topological polar surface area (TPSA) is 38.7 Å². The average Bonchev–Trinajstić information content (AvgIpc) is 2.33. The maximum Gasteiger partial charge on any atom is 0.159 e. The van der Waals surface area contributed by atoms with Crippen LogP contribution in [0.2, 0.25) is 0 Å². The Bertz CT molecular complexity index is 316. The monoisotopic (exact) mass is 252 g/mol. The summed E-state index contributed by atoms with van der Waals surface area (Å²) >= 11 is 0. The first-order valence-corrected chi connectivity index (χ1v) is 6.45. The summed E-state index contributed by atoms with van der Waals surface area (Å²) in [7, 11) is 0. The van der Waals surface area contributed by atoms with E-state index in [1.807, 2.05) is 18.2 Å². The maximum absolute atomic E-state index is 9.43. The SMILES string of the molecule is CC(CCOCc1ccccc1)COC(C)(C)O. The summed E-state index contributed by atoms with van der Waals surface area (Å²) in [5, 5.41) is 9.43. The minimum absolute atomic E-state index is 0.382. The lowest BCUT2D eigenvalue weighted by Crippen LogP contribution is -2.26. The molecule has 1 aromatic carbocycles. The molecule has 0 amide bonds. The Morgan fingerprint density at radius 3 is 2.50 bits per heavy atom. The average molecular weight is 252 g/mol. The largest absolute Gasteiger partial charge is 0.377 e. The van der Waals surface area contributed by atoms with Crippen LogP contribution in [0.5, 0.6) is 0 Å². The molecule has 0 aliphatic rings. The Kier molecular flexibility index (Phi) is 6.33. The van der Waals surface area contributed by atoms with Crippen molar-refractivity contribution >= 4 is 0 Å². The normalized spacial score (nSPS) is 13.6. The minimum Gasteiger partial charge on any atom is -0.377 e. The van der Waals surface area contributed by atoms with Crippen LogP contribution in [0, 0.1) is 5.92 Å². The lowest BCUT2D eigenvalue weighted by atomic mass is 10.1. The number of ether oxygens (including phenoxy) is 2. The van der Waals surface area contributed by atoms with E-state index in [-0.39, 0.29) is 0 Å². The second-order valence-electron chi connectivity index (χ2n) is 5.19. The van der Waals surface area contributed by atoms with Gasteiger partial charge >= 0.3 is 0 Å². The summed E-state index contributed by atoms with van der Waals surface area (Å²) in [6, 6.07) is 10.1. The molecule has 0 heterocycles. The van der Waals surface area contributed by atoms with Gasteiger partial charge in [-0.3, -0.25) is 0 Å². The van der Waals surface area contributed by atoms with Crippen LogP contribution < -0.4 is 0 Å². The predicted molar refractivity (Wildman–Crippen MR) is 72.1 cm³/mol. The van der Waals surface area contributed by atoms with E-state index in [1.165, 1.54) is 5.56 Å². The molecule has 0 aromatic heterocycles. The molecule has 3 heteroatoms. The van der Waals surface area contributed by atoms with Gasteiger partial charge in [0.2, 0.25) is 0 Å². The molecule has 3 nitrogen and oxygen atoms in total. The molecule has 1 unspecified atom stereocenters. The second kappa shape index (κ2) is 7.52. The molecule has 18 heavy (non-hydrogen) atoms. The zero-order valence-corrected chi connectivity index (χ0v) is 11.6. The van der Waals surface area contributed by atoms with Gasteiger partial charge in [0.25, 0.3) is 0 Å². The van der Waals surface area contributed by atoms with Crippen molar-refractivity contribution in [3.05, 3.63) is 35.9 Å². The second-order valence-corrected chi connectivity index (χ2v) is 5.19. The Labute approximate surface area is 110 Å². The van der Waals surface area contributed by atoms with Gasteiger partial charge in [-0.1, -0.05) is 37.3 Å². The minimum atomic E-state index is -1.04. The Hall–Kier alpha value is -0.900. The molecule has 1 aromatic rings. The standard InChI is InChI=1S/C15H24O3/c1-13(11-18-15(2,3)16)9-10-17-12-14-7-5-4-6-8-14/h4-8,13,16H,9-12H2,1-3H3. The van der Waals surface area contributed by atoms with E-state index >= 15 is 0 Å². The van der Waals surface area contributed by atoms with Crippen LogP contribution in [0.4, 0.5) is 0 Å². The fraction of sp³-hybridized carbons (Fsp3) is 0.600. The molecule has 0 aliphatic carbocycles. The fourth-order valence-corrected chi connectivity index (χ4v) is 1.48. The van der Waals surface area contributed by atoms with E-state index in [0.29, 0.717) is 25.7 Å². The molecule has 102 valence electrons. The van der Waals surface area contributed by atoms with Crippen LogP contribution >= 0.6 is 0 Å². The molecule has 1 rings (SSSR count). The van der Waals surface area contributed by atoms with Gasteiger partial charge in [-0.05, 0) is 31.7 Å². The van der Waals surface area contributed by atoms with Gasteiger partial charge in [0, 0.05) is 6.61 Å². The summed E-state index contributed by atoms with van der Waals surface area (Å²) in [6.07, 6.45) is 0.933. The quantitative estimate of drug-likeness (QED) is 0.571. The van der Waals surface area contributed by atoms with Gasteiger partial charge in [0.15, 0.2) is 5.79 Å². The molecule has 1 N–H and O–H groups in total. The number of hydrogen-bond donors (Lipinski definition) is 1. The van der Waals surface area contributed by atoms with Crippen molar-refractivity contribution in [3.8, 4) is 0 Å². The summed E-state index contributed by atoms with van der Waals surface area (Å²) in [5.74, 6) is -0.661. The lowest BCUT2D eigenvalue weighted by Gasteiger charge is -2.21. The molecule has 0 fully saturated rings. The molecule has 0 saturated heterocycles. The van der Waals surface area contributed by atoms with Crippen LogP contribution in [0.1, 0.15) is 32.8 Å². The highest BCUT2D eigenvalue weighted by Crippen LogP contribution is 2.10. The summed E-state index contributed by atoms with van der Waals surface area (Å²) in [6.45, 7) is 7.30. The lowest BCUT2D eigenvalue weighted by molar-refractivity contribution is -0.183. The molecular formula is C15H24O3. The Morgan fingerprint density at radius 2 is 1.89 bits per heavy atom. The first-order valence-electron chi connectivity index (χ1n) is 6.45. The third kappa shape index (κ3) is 7.43. The van der Waals surface area contributed by atoms with Crippen LogP contribution in [0.3, 0.4) is 0 Å². The van der Waals surface area contributed by atoms with Crippen molar-refractivity contribution in [2.45, 2.75) is 39.6 Å². The Morgan fingerprint density at radius 1 is 1.22 bits per heavy atom. The van der Waals surface area contributed by atoms with Gasteiger partial charge < -0.3 is 14.6 Å². The maximum atomic E-state index is 9.43. The van der Waals surface area contributed by atoms with E-state index in [9.17, 15) is 5.11 Å². The molecular weight excluding hydrogens is 228 g/mol. The number of hydrogen-bond acceptors (Lipinski definition) is 3. The van der Waals surface area contributed by atoms with E-state index in [0.717, 1.165) is 6.42 Å². The highest BCUT2D eigenvalue weighted by atomic mass is 16.6. The van der Waals surface area contributed by atoms with E-state index in [1.54, 1.807) is 13.8 Å². The summed E-state index contributed by atoms with van der Waals surface area (Å²) < 4.78 is 10.9. The van der Waals surface area contributed by atoms with Crippen molar-refractivity contribution in [1.82, 2.24) is 0 Å². The molecule has 1 atom stereocenters. The third-order valence-electron chi connectivity index (χ3n) is 2.59. The zero-order valence-electron chi connectivity index (χ0n) is 11.6. The van der Waals surface area contributed by atoms with Gasteiger partial charge in [-0.15, -0.1) is 0 Å². The van der Waals surface area contributed by atoms with Crippen LogP contribution in [-0.4, -0.2) is 24.1 Å². The van der Waals surface area contributed by atoms with E-state index in [2.05, 4.69) is 19.1 Å². The van der Waals surface area contributed by atoms with Crippen molar-refractivity contribution in [1.29, 1.82) is 0 Å². The molecule has 0 aliphatic heterocycles. The van der Waals surface area contributed by atoms with Crippen molar-refractivity contribution in [2.24, 2.45) is 5.92 Å². The van der Waals surface area contributed by atoms with Gasteiger partial charge in [-0.2, -0.15) is 0 Å². The van der Waals surface area contributed by atoms with Crippen LogP contribution in [-0.2, 0) is 16.1 Å². The number of aliphatic hydroxyl groups is 1. The highest BCUT2D eigenvalue weighted by molar-refractivity contribution is 5.13. The molecule has 0 saturated carbocycles. The fourth-order valence-electron chi connectivity index (χ4n) is 1.48. The van der Waals surface area contributed by atoms with Gasteiger partial charge in [0.1, 0.15) is 0 Å². The number of benzene rings is 1. The smallest absolute Gasteiger partial charge is 0.159 e. The summed E-state index contributed by atoms with van der Waals surface area (Å²) in [5.41, 5.74) is 1.19. The van der Waals surface area contributed by atoms with Crippen LogP contribution in [0.25, 0.3) is 0 Å². The summed E-state index contributed by atoms with van der Waals surface area (Å²) in [4.78, 5) is 0. The predicted octanol–water partition coefficient (Wildman–Crippen LogP) is 2.97.